The molecule has 3 aromatic carbocycles. The molecule has 1 amide bonds. The van der Waals surface area contributed by atoms with Gasteiger partial charge in [-0.25, -0.2) is 4.79 Å². The highest BCUT2D eigenvalue weighted by molar-refractivity contribution is 6.18. The van der Waals surface area contributed by atoms with Crippen molar-refractivity contribution >= 4 is 23.3 Å². The lowest BCUT2D eigenvalue weighted by Crippen LogP contribution is -2.31. The zero-order valence-corrected chi connectivity index (χ0v) is 21.0. The minimum atomic E-state index is -0.613. The van der Waals surface area contributed by atoms with Crippen molar-refractivity contribution in [2.24, 2.45) is 0 Å². The topological polar surface area (TPSA) is 58.6 Å². The Kier molecular flexibility index (Phi) is 7.06. The zero-order valence-electron chi connectivity index (χ0n) is 21.0. The number of esters is 1. The van der Waals surface area contributed by atoms with E-state index in [0.717, 1.165) is 28.1 Å². The highest BCUT2D eigenvalue weighted by Gasteiger charge is 2.45. The first-order valence-corrected chi connectivity index (χ1v) is 12.0. The van der Waals surface area contributed by atoms with Gasteiger partial charge in [0, 0.05) is 11.4 Å². The van der Waals surface area contributed by atoms with Gasteiger partial charge in [0.2, 0.25) is 0 Å². The van der Waals surface area contributed by atoms with Gasteiger partial charge in [0.05, 0.1) is 18.2 Å². The predicted octanol–water partition coefficient (Wildman–Crippen LogP) is 6.44. The molecule has 180 valence electrons. The molecule has 1 aliphatic heterocycles. The first-order chi connectivity index (χ1) is 16.8. The molecule has 0 saturated heterocycles. The van der Waals surface area contributed by atoms with Gasteiger partial charge in [-0.15, -0.1) is 0 Å². The summed E-state index contributed by atoms with van der Waals surface area (Å²) >= 11 is 0. The predicted molar refractivity (Wildman–Crippen MR) is 140 cm³/mol. The normalized spacial score (nSPS) is 15.7. The number of rotatable bonds is 7. The first kappa shape index (κ1) is 24.3. The maximum absolute atomic E-state index is 13.9. The van der Waals surface area contributed by atoms with Crippen LogP contribution in [0.4, 0.5) is 11.4 Å². The molecule has 1 unspecified atom stereocenters. The van der Waals surface area contributed by atoms with Crippen LogP contribution in [0.25, 0.3) is 0 Å². The summed E-state index contributed by atoms with van der Waals surface area (Å²) in [5.74, 6) is -0.389. The number of hydrogen-bond acceptors (Lipinski definition) is 4. The SMILES string of the molecule is CCOC(=O)C1=C(Nc2ccc(C)cc2)C(=O)N(c2ccc(C)cc2)C1c1ccc(C(C)C)cc1. The molecule has 0 bridgehead atoms. The number of nitrogens with one attached hydrogen (secondary N) is 1. The minimum absolute atomic E-state index is 0.220. The van der Waals surface area contributed by atoms with Crippen molar-refractivity contribution in [2.75, 3.05) is 16.8 Å². The van der Waals surface area contributed by atoms with Crippen LogP contribution in [0.3, 0.4) is 0 Å². The second kappa shape index (κ2) is 10.2. The Labute approximate surface area is 207 Å². The quantitative estimate of drug-likeness (QED) is 0.405. The lowest BCUT2D eigenvalue weighted by molar-refractivity contribution is -0.138. The standard InChI is InChI=1S/C30H32N2O3/c1-6-35-30(34)26-27(31-24-15-7-20(4)8-16-24)29(33)32(25-17-9-21(5)10-18-25)28(26)23-13-11-22(12-14-23)19(2)3/h7-19,28,31H,6H2,1-5H3. The minimum Gasteiger partial charge on any atom is -0.463 e. The van der Waals surface area contributed by atoms with E-state index in [1.807, 2.05) is 74.5 Å². The fourth-order valence-corrected chi connectivity index (χ4v) is 4.29. The molecule has 0 saturated carbocycles. The molecule has 1 N–H and O–H groups in total. The van der Waals surface area contributed by atoms with Crippen LogP contribution in [0.2, 0.25) is 0 Å². The molecule has 0 aromatic heterocycles. The van der Waals surface area contributed by atoms with E-state index in [4.69, 9.17) is 4.74 Å². The van der Waals surface area contributed by atoms with Gasteiger partial charge in [-0.1, -0.05) is 73.5 Å². The lowest BCUT2D eigenvalue weighted by atomic mass is 9.95. The van der Waals surface area contributed by atoms with Crippen molar-refractivity contribution in [3.63, 3.8) is 0 Å². The number of carbonyl (C=O) groups excluding carboxylic acids is 2. The van der Waals surface area contributed by atoms with E-state index in [9.17, 15) is 9.59 Å². The van der Waals surface area contributed by atoms with Gasteiger partial charge in [0.15, 0.2) is 0 Å². The van der Waals surface area contributed by atoms with Gasteiger partial charge < -0.3 is 10.1 Å². The van der Waals surface area contributed by atoms with Gasteiger partial charge in [-0.05, 0) is 62.1 Å². The van der Waals surface area contributed by atoms with E-state index in [2.05, 4.69) is 31.3 Å². The van der Waals surface area contributed by atoms with Crippen molar-refractivity contribution < 1.29 is 14.3 Å². The molecule has 1 heterocycles. The van der Waals surface area contributed by atoms with Crippen LogP contribution < -0.4 is 10.2 Å². The summed E-state index contributed by atoms with van der Waals surface area (Å²) in [6.07, 6.45) is 0. The second-order valence-electron chi connectivity index (χ2n) is 9.23. The molecule has 0 aliphatic carbocycles. The molecule has 0 fully saturated rings. The van der Waals surface area contributed by atoms with Crippen LogP contribution >= 0.6 is 0 Å². The molecule has 3 aromatic rings. The highest BCUT2D eigenvalue weighted by atomic mass is 16.5. The fourth-order valence-electron chi connectivity index (χ4n) is 4.29. The largest absolute Gasteiger partial charge is 0.463 e. The third-order valence-corrected chi connectivity index (χ3v) is 6.28. The van der Waals surface area contributed by atoms with Gasteiger partial charge in [0.1, 0.15) is 5.70 Å². The van der Waals surface area contributed by atoms with Crippen molar-refractivity contribution in [1.29, 1.82) is 0 Å². The average molecular weight is 469 g/mol. The van der Waals surface area contributed by atoms with E-state index in [1.54, 1.807) is 11.8 Å². The van der Waals surface area contributed by atoms with Crippen molar-refractivity contribution in [2.45, 2.75) is 46.6 Å². The Balaban J connectivity index is 1.88. The molecule has 0 radical (unpaired) electrons. The van der Waals surface area contributed by atoms with Crippen LogP contribution in [0, 0.1) is 13.8 Å². The molecule has 5 heteroatoms. The summed E-state index contributed by atoms with van der Waals surface area (Å²) < 4.78 is 5.46. The van der Waals surface area contributed by atoms with Crippen molar-refractivity contribution in [3.8, 4) is 0 Å². The maximum Gasteiger partial charge on any atom is 0.338 e. The second-order valence-corrected chi connectivity index (χ2v) is 9.23. The molecular formula is C30H32N2O3. The number of ether oxygens (including phenoxy) is 1. The van der Waals surface area contributed by atoms with E-state index >= 15 is 0 Å². The monoisotopic (exact) mass is 468 g/mol. The lowest BCUT2D eigenvalue weighted by Gasteiger charge is -2.27. The Morgan fingerprint density at radius 2 is 1.49 bits per heavy atom. The van der Waals surface area contributed by atoms with E-state index in [0.29, 0.717) is 11.5 Å². The smallest absolute Gasteiger partial charge is 0.338 e. The summed E-state index contributed by atoms with van der Waals surface area (Å²) in [6.45, 7) is 10.3. The number of aryl methyl sites for hydroxylation is 2. The van der Waals surface area contributed by atoms with Crippen molar-refractivity contribution in [3.05, 3.63) is 106 Å². The number of amides is 1. The van der Waals surface area contributed by atoms with Gasteiger partial charge in [-0.3, -0.25) is 9.69 Å². The Morgan fingerprint density at radius 1 is 0.914 bits per heavy atom. The summed E-state index contributed by atoms with van der Waals surface area (Å²) in [5, 5.41) is 3.24. The molecule has 35 heavy (non-hydrogen) atoms. The third kappa shape index (κ3) is 4.99. The summed E-state index contributed by atoms with van der Waals surface area (Å²) in [4.78, 5) is 29.0. The van der Waals surface area contributed by atoms with Crippen molar-refractivity contribution in [1.82, 2.24) is 0 Å². The number of hydrogen-bond donors (Lipinski definition) is 1. The number of nitrogens with zero attached hydrogens (tertiary/aromatic N) is 1. The summed E-state index contributed by atoms with van der Waals surface area (Å²) in [5.41, 5.74) is 6.27. The summed E-state index contributed by atoms with van der Waals surface area (Å²) in [7, 11) is 0. The molecular weight excluding hydrogens is 436 g/mol. The molecule has 4 rings (SSSR count). The van der Waals surface area contributed by atoms with Crippen LogP contribution in [-0.2, 0) is 14.3 Å². The van der Waals surface area contributed by atoms with Crippen LogP contribution in [-0.4, -0.2) is 18.5 Å². The number of carbonyl (C=O) groups is 2. The Morgan fingerprint density at radius 3 is 2.03 bits per heavy atom. The van der Waals surface area contributed by atoms with E-state index in [1.165, 1.54) is 5.56 Å². The highest BCUT2D eigenvalue weighted by Crippen LogP contribution is 2.42. The molecule has 5 nitrogen and oxygen atoms in total. The van der Waals surface area contributed by atoms with Gasteiger partial charge in [0.25, 0.3) is 5.91 Å². The molecule has 1 atom stereocenters. The van der Waals surface area contributed by atoms with Gasteiger partial charge >= 0.3 is 5.97 Å². The van der Waals surface area contributed by atoms with Crippen LogP contribution in [0.15, 0.2) is 84.1 Å². The first-order valence-electron chi connectivity index (χ1n) is 12.0. The fraction of sp³-hybridized carbons (Fsp3) is 0.267. The Hall–Kier alpha value is -3.86. The average Bonchev–Trinajstić information content (AvgIpc) is 3.13. The third-order valence-electron chi connectivity index (χ3n) is 6.28. The van der Waals surface area contributed by atoms with Crippen LogP contribution in [0.5, 0.6) is 0 Å². The summed E-state index contributed by atoms with van der Waals surface area (Å²) in [6, 6.07) is 23.0. The van der Waals surface area contributed by atoms with Gasteiger partial charge in [-0.2, -0.15) is 0 Å². The molecule has 0 spiro atoms. The maximum atomic E-state index is 13.9. The zero-order chi connectivity index (χ0) is 25.1. The Bertz CT molecular complexity index is 1240. The number of anilines is 2. The van der Waals surface area contributed by atoms with E-state index < -0.39 is 12.0 Å². The molecule has 1 aliphatic rings. The number of benzene rings is 3. The van der Waals surface area contributed by atoms with E-state index in [-0.39, 0.29) is 18.2 Å². The van der Waals surface area contributed by atoms with Crippen LogP contribution in [0.1, 0.15) is 55.0 Å².